The SMILES string of the molecule is CCCCCc1ccc(-c2ccc(C(=O)Nc3ccc(C(C)=O)cc3)cc2)nc1. The van der Waals surface area contributed by atoms with E-state index in [0.717, 1.165) is 17.7 Å². The summed E-state index contributed by atoms with van der Waals surface area (Å²) in [5, 5.41) is 2.85. The van der Waals surface area contributed by atoms with Crippen LogP contribution in [-0.2, 0) is 6.42 Å². The minimum Gasteiger partial charge on any atom is -0.322 e. The Balaban J connectivity index is 1.63. The Morgan fingerprint density at radius 1 is 0.862 bits per heavy atom. The minimum absolute atomic E-state index is 0.000988. The van der Waals surface area contributed by atoms with Crippen molar-refractivity contribution < 1.29 is 9.59 Å². The van der Waals surface area contributed by atoms with Crippen molar-refractivity contribution in [1.82, 2.24) is 4.98 Å². The highest BCUT2D eigenvalue weighted by Gasteiger charge is 2.08. The highest BCUT2D eigenvalue weighted by atomic mass is 16.1. The van der Waals surface area contributed by atoms with Gasteiger partial charge in [0.05, 0.1) is 5.69 Å². The molecular weight excluding hydrogens is 360 g/mol. The lowest BCUT2D eigenvalue weighted by atomic mass is 10.1. The van der Waals surface area contributed by atoms with Crippen molar-refractivity contribution in [2.24, 2.45) is 0 Å². The molecule has 1 amide bonds. The van der Waals surface area contributed by atoms with Crippen molar-refractivity contribution in [2.45, 2.75) is 39.5 Å². The van der Waals surface area contributed by atoms with E-state index in [4.69, 9.17) is 0 Å². The second kappa shape index (κ2) is 9.78. The molecule has 0 fully saturated rings. The molecule has 0 aliphatic rings. The predicted octanol–water partition coefficient (Wildman–Crippen LogP) is 5.94. The molecule has 0 saturated heterocycles. The Kier molecular flexibility index (Phi) is 6.90. The number of hydrogen-bond donors (Lipinski definition) is 1. The summed E-state index contributed by atoms with van der Waals surface area (Å²) >= 11 is 0. The molecule has 4 nitrogen and oxygen atoms in total. The van der Waals surface area contributed by atoms with Crippen molar-refractivity contribution >= 4 is 17.4 Å². The van der Waals surface area contributed by atoms with Crippen LogP contribution in [0.3, 0.4) is 0 Å². The number of amides is 1. The van der Waals surface area contributed by atoms with E-state index in [9.17, 15) is 9.59 Å². The van der Waals surface area contributed by atoms with Gasteiger partial charge in [-0.2, -0.15) is 0 Å². The third kappa shape index (κ3) is 5.61. The molecule has 3 rings (SSSR count). The van der Waals surface area contributed by atoms with Crippen LogP contribution in [0.25, 0.3) is 11.3 Å². The van der Waals surface area contributed by atoms with Crippen LogP contribution in [0.1, 0.15) is 59.4 Å². The van der Waals surface area contributed by atoms with Gasteiger partial charge in [0.15, 0.2) is 5.78 Å². The number of pyridine rings is 1. The van der Waals surface area contributed by atoms with Gasteiger partial charge >= 0.3 is 0 Å². The fourth-order valence-electron chi connectivity index (χ4n) is 3.11. The maximum absolute atomic E-state index is 12.5. The normalized spacial score (nSPS) is 10.6. The number of rotatable bonds is 8. The van der Waals surface area contributed by atoms with Crippen LogP contribution in [0.15, 0.2) is 66.9 Å². The van der Waals surface area contributed by atoms with Crippen molar-refractivity contribution in [1.29, 1.82) is 0 Å². The standard InChI is InChI=1S/C25H26N2O2/c1-3-4-5-6-19-7-16-24(26-17-19)21-8-10-22(11-9-21)25(29)27-23-14-12-20(13-15-23)18(2)28/h7-17H,3-6H2,1-2H3,(H,27,29). The molecule has 0 aliphatic heterocycles. The number of ketones is 1. The number of hydrogen-bond acceptors (Lipinski definition) is 3. The van der Waals surface area contributed by atoms with Gasteiger partial charge in [-0.25, -0.2) is 0 Å². The highest BCUT2D eigenvalue weighted by molar-refractivity contribution is 6.04. The molecule has 0 aliphatic carbocycles. The van der Waals surface area contributed by atoms with Crippen LogP contribution in [0, 0.1) is 0 Å². The highest BCUT2D eigenvalue weighted by Crippen LogP contribution is 2.19. The van der Waals surface area contributed by atoms with Crippen molar-refractivity contribution in [3.63, 3.8) is 0 Å². The number of unbranched alkanes of at least 4 members (excludes halogenated alkanes) is 2. The summed E-state index contributed by atoms with van der Waals surface area (Å²) in [5.74, 6) is -0.188. The summed E-state index contributed by atoms with van der Waals surface area (Å²) in [6.07, 6.45) is 6.66. The Morgan fingerprint density at radius 2 is 1.55 bits per heavy atom. The second-order valence-corrected chi connectivity index (χ2v) is 7.17. The molecule has 0 saturated carbocycles. The van der Waals surface area contributed by atoms with Crippen molar-refractivity contribution in [3.8, 4) is 11.3 Å². The summed E-state index contributed by atoms with van der Waals surface area (Å²) in [5.41, 5.74) is 4.98. The topological polar surface area (TPSA) is 59.1 Å². The first-order valence-electron chi connectivity index (χ1n) is 10.0. The van der Waals surface area contributed by atoms with Gasteiger partial charge in [-0.1, -0.05) is 38.0 Å². The van der Waals surface area contributed by atoms with E-state index in [1.165, 1.54) is 31.7 Å². The zero-order valence-corrected chi connectivity index (χ0v) is 16.9. The molecule has 4 heteroatoms. The van der Waals surface area contributed by atoms with Crippen LogP contribution >= 0.6 is 0 Å². The first kappa shape index (κ1) is 20.5. The van der Waals surface area contributed by atoms with Gasteiger partial charge in [-0.15, -0.1) is 0 Å². The zero-order chi connectivity index (χ0) is 20.6. The van der Waals surface area contributed by atoms with E-state index in [-0.39, 0.29) is 11.7 Å². The number of nitrogens with one attached hydrogen (secondary N) is 1. The number of aryl methyl sites for hydroxylation is 1. The monoisotopic (exact) mass is 386 g/mol. The minimum atomic E-state index is -0.189. The Hall–Kier alpha value is -3.27. The summed E-state index contributed by atoms with van der Waals surface area (Å²) in [6.45, 7) is 3.72. The van der Waals surface area contributed by atoms with Crippen LogP contribution in [0.5, 0.6) is 0 Å². The summed E-state index contributed by atoms with van der Waals surface area (Å²) in [4.78, 5) is 28.4. The van der Waals surface area contributed by atoms with Crippen LogP contribution in [0.4, 0.5) is 5.69 Å². The lowest BCUT2D eigenvalue weighted by Gasteiger charge is -2.07. The smallest absolute Gasteiger partial charge is 0.255 e. The fourth-order valence-corrected chi connectivity index (χ4v) is 3.11. The molecule has 148 valence electrons. The Morgan fingerprint density at radius 3 is 2.14 bits per heavy atom. The summed E-state index contributed by atoms with van der Waals surface area (Å²) in [6, 6.07) is 18.5. The number of Topliss-reactive ketones (excluding diaryl/α,β-unsaturated/α-hetero) is 1. The maximum Gasteiger partial charge on any atom is 0.255 e. The Labute approximate surface area is 172 Å². The molecule has 1 aromatic heterocycles. The number of carbonyl (C=O) groups is 2. The largest absolute Gasteiger partial charge is 0.322 e. The van der Waals surface area contributed by atoms with Crippen LogP contribution in [0.2, 0.25) is 0 Å². The van der Waals surface area contributed by atoms with E-state index < -0.39 is 0 Å². The molecule has 0 unspecified atom stereocenters. The number of anilines is 1. The molecule has 0 bridgehead atoms. The van der Waals surface area contributed by atoms with Gasteiger partial charge in [0.1, 0.15) is 0 Å². The van der Waals surface area contributed by atoms with Gasteiger partial charge in [-0.3, -0.25) is 14.6 Å². The van der Waals surface area contributed by atoms with Crippen LogP contribution in [-0.4, -0.2) is 16.7 Å². The third-order valence-electron chi connectivity index (χ3n) is 4.89. The quantitative estimate of drug-likeness (QED) is 0.385. The first-order chi connectivity index (χ1) is 14.1. The Bertz CT molecular complexity index is 959. The van der Waals surface area contributed by atoms with E-state index in [2.05, 4.69) is 23.3 Å². The lowest BCUT2D eigenvalue weighted by Crippen LogP contribution is -2.11. The average molecular weight is 386 g/mol. The van der Waals surface area contributed by atoms with Gasteiger partial charge in [0.25, 0.3) is 5.91 Å². The number of carbonyl (C=O) groups excluding carboxylic acids is 2. The van der Waals surface area contributed by atoms with E-state index in [1.54, 1.807) is 36.4 Å². The van der Waals surface area contributed by atoms with E-state index in [0.29, 0.717) is 16.8 Å². The van der Waals surface area contributed by atoms with Crippen molar-refractivity contribution in [2.75, 3.05) is 5.32 Å². The molecule has 2 aromatic carbocycles. The molecule has 1 N–H and O–H groups in total. The maximum atomic E-state index is 12.5. The van der Waals surface area contributed by atoms with E-state index in [1.807, 2.05) is 24.4 Å². The van der Waals surface area contributed by atoms with Gasteiger partial charge in [0.2, 0.25) is 0 Å². The summed E-state index contributed by atoms with van der Waals surface area (Å²) in [7, 11) is 0. The molecule has 0 atom stereocenters. The average Bonchev–Trinajstić information content (AvgIpc) is 2.75. The molecule has 0 spiro atoms. The molecule has 1 heterocycles. The number of benzene rings is 2. The predicted molar refractivity (Wildman–Crippen MR) is 117 cm³/mol. The van der Waals surface area contributed by atoms with Crippen molar-refractivity contribution in [3.05, 3.63) is 83.6 Å². The third-order valence-corrected chi connectivity index (χ3v) is 4.89. The van der Waals surface area contributed by atoms with Crippen LogP contribution < -0.4 is 5.32 Å². The molecule has 29 heavy (non-hydrogen) atoms. The number of aromatic nitrogens is 1. The second-order valence-electron chi connectivity index (χ2n) is 7.17. The number of nitrogens with zero attached hydrogens (tertiary/aromatic N) is 1. The first-order valence-corrected chi connectivity index (χ1v) is 10.0. The molecular formula is C25H26N2O2. The molecule has 0 radical (unpaired) electrons. The van der Waals surface area contributed by atoms with Gasteiger partial charge < -0.3 is 5.32 Å². The lowest BCUT2D eigenvalue weighted by molar-refractivity contribution is 0.101. The zero-order valence-electron chi connectivity index (χ0n) is 16.9. The fraction of sp³-hybridized carbons (Fsp3) is 0.240. The van der Waals surface area contributed by atoms with Gasteiger partial charge in [-0.05, 0) is 67.8 Å². The summed E-state index contributed by atoms with van der Waals surface area (Å²) < 4.78 is 0. The van der Waals surface area contributed by atoms with E-state index >= 15 is 0 Å². The molecule has 3 aromatic rings. The van der Waals surface area contributed by atoms with Gasteiger partial charge in [0, 0.05) is 28.6 Å².